The maximum atomic E-state index is 12.6. The van der Waals surface area contributed by atoms with Gasteiger partial charge in [-0.3, -0.25) is 0 Å². The molecule has 0 spiro atoms. The smallest absolute Gasteiger partial charge is 0.316 e. The number of hydrogen-bond acceptors (Lipinski definition) is 6. The number of sulfonamides is 1. The van der Waals surface area contributed by atoms with E-state index in [0.717, 1.165) is 11.3 Å². The summed E-state index contributed by atoms with van der Waals surface area (Å²) in [6.45, 7) is 2.74. The Morgan fingerprint density at radius 2 is 2.13 bits per heavy atom. The number of ether oxygens (including phenoxy) is 1. The average molecular weight is 374 g/mol. The van der Waals surface area contributed by atoms with E-state index in [0.29, 0.717) is 28.7 Å². The topological polar surface area (TPSA) is 72.4 Å². The van der Waals surface area contributed by atoms with E-state index in [1.165, 1.54) is 28.0 Å². The highest BCUT2D eigenvalue weighted by molar-refractivity contribution is 7.91. The van der Waals surface area contributed by atoms with Crippen LogP contribution in [0.4, 0.5) is 0 Å². The van der Waals surface area contributed by atoms with Crippen LogP contribution in [-0.4, -0.2) is 41.9 Å². The van der Waals surface area contributed by atoms with Crippen LogP contribution < -0.4 is 4.74 Å². The number of aromatic nitrogens is 2. The number of hydrogen-bond donors (Lipinski definition) is 0. The van der Waals surface area contributed by atoms with Crippen LogP contribution in [0.5, 0.6) is 6.01 Å². The van der Waals surface area contributed by atoms with Crippen LogP contribution in [0.1, 0.15) is 18.2 Å². The van der Waals surface area contributed by atoms with E-state index in [4.69, 9.17) is 16.3 Å². The second-order valence-electron chi connectivity index (χ2n) is 5.15. The highest BCUT2D eigenvalue weighted by atomic mass is 35.5. The summed E-state index contributed by atoms with van der Waals surface area (Å²) in [7, 11) is -3.45. The van der Waals surface area contributed by atoms with Gasteiger partial charge < -0.3 is 4.74 Å². The lowest BCUT2D eigenvalue weighted by Gasteiger charge is -2.15. The van der Waals surface area contributed by atoms with E-state index < -0.39 is 10.0 Å². The Bertz CT molecular complexity index is 777. The Kier molecular flexibility index (Phi) is 4.86. The Hall–Kier alpha value is -1.22. The highest BCUT2D eigenvalue weighted by Crippen LogP contribution is 2.28. The number of nitrogens with zero attached hydrogens (tertiary/aromatic N) is 3. The predicted molar refractivity (Wildman–Crippen MR) is 88.5 cm³/mol. The molecule has 2 aromatic rings. The van der Waals surface area contributed by atoms with Crippen molar-refractivity contribution in [1.82, 2.24) is 14.3 Å². The summed E-state index contributed by atoms with van der Waals surface area (Å²) in [5.74, 6) is 0. The van der Waals surface area contributed by atoms with E-state index in [1.807, 2.05) is 13.0 Å². The van der Waals surface area contributed by atoms with Crippen LogP contribution in [0.2, 0.25) is 5.02 Å². The number of rotatable bonds is 5. The first kappa shape index (κ1) is 16.6. The van der Waals surface area contributed by atoms with Gasteiger partial charge >= 0.3 is 6.01 Å². The predicted octanol–water partition coefficient (Wildman–Crippen LogP) is 2.60. The van der Waals surface area contributed by atoms with Crippen LogP contribution in [0.3, 0.4) is 0 Å². The molecule has 1 aliphatic heterocycles. The van der Waals surface area contributed by atoms with E-state index in [2.05, 4.69) is 9.97 Å². The van der Waals surface area contributed by atoms with E-state index in [1.54, 1.807) is 6.07 Å². The first-order valence-corrected chi connectivity index (χ1v) is 9.85. The summed E-state index contributed by atoms with van der Waals surface area (Å²) in [4.78, 5) is 9.00. The molecule has 1 aliphatic rings. The molecule has 0 saturated carbocycles. The molecular weight excluding hydrogens is 358 g/mol. The second-order valence-corrected chi connectivity index (χ2v) is 8.92. The third kappa shape index (κ3) is 3.65. The Labute approximate surface area is 144 Å². The maximum Gasteiger partial charge on any atom is 0.316 e. The third-order valence-electron chi connectivity index (χ3n) is 3.56. The summed E-state index contributed by atoms with van der Waals surface area (Å²) < 4.78 is 32.8. The fourth-order valence-electron chi connectivity index (χ4n) is 2.34. The van der Waals surface area contributed by atoms with Crippen LogP contribution >= 0.6 is 22.9 Å². The van der Waals surface area contributed by atoms with Crippen molar-refractivity contribution >= 4 is 33.0 Å². The minimum atomic E-state index is -3.45. The fourth-order valence-corrected chi connectivity index (χ4v) is 5.37. The van der Waals surface area contributed by atoms with Gasteiger partial charge in [0.1, 0.15) is 10.3 Å². The van der Waals surface area contributed by atoms with Crippen molar-refractivity contribution in [3.8, 4) is 6.01 Å². The van der Waals surface area contributed by atoms with Crippen LogP contribution in [0.25, 0.3) is 0 Å². The summed E-state index contributed by atoms with van der Waals surface area (Å²) >= 11 is 7.05. The molecule has 0 unspecified atom stereocenters. The van der Waals surface area contributed by atoms with E-state index in [9.17, 15) is 8.42 Å². The van der Waals surface area contributed by atoms with E-state index >= 15 is 0 Å². The number of thiophene rings is 1. The van der Waals surface area contributed by atoms with Crippen molar-refractivity contribution in [2.24, 2.45) is 0 Å². The lowest BCUT2D eigenvalue weighted by Crippen LogP contribution is -2.30. The van der Waals surface area contributed by atoms with Crippen molar-refractivity contribution in [3.05, 3.63) is 34.4 Å². The van der Waals surface area contributed by atoms with Gasteiger partial charge in [0.15, 0.2) is 0 Å². The molecule has 0 aromatic carbocycles. The minimum Gasteiger partial charge on any atom is -0.459 e. The molecule has 23 heavy (non-hydrogen) atoms. The molecule has 0 bridgehead atoms. The molecule has 2 aromatic heterocycles. The molecule has 3 rings (SSSR count). The average Bonchev–Trinajstić information content (AvgIpc) is 3.19. The van der Waals surface area contributed by atoms with Gasteiger partial charge in [0.25, 0.3) is 10.0 Å². The molecule has 0 radical (unpaired) electrons. The molecule has 0 aliphatic carbocycles. The minimum absolute atomic E-state index is 0.211. The molecule has 3 heterocycles. The van der Waals surface area contributed by atoms with Crippen LogP contribution in [-0.2, 0) is 16.4 Å². The Morgan fingerprint density at radius 3 is 2.78 bits per heavy atom. The second kappa shape index (κ2) is 6.72. The van der Waals surface area contributed by atoms with Crippen molar-refractivity contribution in [2.75, 3.05) is 13.1 Å². The molecule has 1 saturated heterocycles. The van der Waals surface area contributed by atoms with Gasteiger partial charge in [0.2, 0.25) is 0 Å². The van der Waals surface area contributed by atoms with Crippen molar-refractivity contribution in [1.29, 1.82) is 0 Å². The zero-order valence-electron chi connectivity index (χ0n) is 12.5. The first-order valence-electron chi connectivity index (χ1n) is 7.22. The Morgan fingerprint density at radius 1 is 1.39 bits per heavy atom. The highest BCUT2D eigenvalue weighted by Gasteiger charge is 2.34. The van der Waals surface area contributed by atoms with Crippen LogP contribution in [0.15, 0.2) is 28.7 Å². The fraction of sp³-hybridized carbons (Fsp3) is 0.429. The standard InChI is InChI=1S/C14H16ClN3O3S2/c1-2-12-3-4-13(22-12)23(19,20)18-6-5-11(9-18)21-14-16-7-10(15)8-17-14/h3-4,7-8,11H,2,5-6,9H2,1H3/t11-/m0/s1. The van der Waals surface area contributed by atoms with Crippen molar-refractivity contribution in [3.63, 3.8) is 0 Å². The lowest BCUT2D eigenvalue weighted by molar-refractivity contribution is 0.197. The lowest BCUT2D eigenvalue weighted by atomic mass is 10.3. The largest absolute Gasteiger partial charge is 0.459 e. The van der Waals surface area contributed by atoms with Gasteiger partial charge in [-0.2, -0.15) is 4.31 Å². The molecule has 0 amide bonds. The zero-order chi connectivity index (χ0) is 16.4. The molecule has 9 heteroatoms. The monoisotopic (exact) mass is 373 g/mol. The summed E-state index contributed by atoms with van der Waals surface area (Å²) in [5, 5.41) is 0.428. The van der Waals surface area contributed by atoms with Gasteiger partial charge in [-0.15, -0.1) is 11.3 Å². The zero-order valence-corrected chi connectivity index (χ0v) is 14.9. The molecule has 6 nitrogen and oxygen atoms in total. The Balaban J connectivity index is 1.67. The van der Waals surface area contributed by atoms with Crippen molar-refractivity contribution in [2.45, 2.75) is 30.1 Å². The third-order valence-corrected chi connectivity index (χ3v) is 7.31. The molecule has 1 fully saturated rings. The summed E-state index contributed by atoms with van der Waals surface area (Å²) in [6, 6.07) is 3.75. The normalized spacial score (nSPS) is 19.1. The first-order chi connectivity index (χ1) is 11.0. The molecule has 1 atom stereocenters. The molecular formula is C14H16ClN3O3S2. The molecule has 124 valence electrons. The van der Waals surface area contributed by atoms with Crippen molar-refractivity contribution < 1.29 is 13.2 Å². The SMILES string of the molecule is CCc1ccc(S(=O)(=O)N2CC[C@H](Oc3ncc(Cl)cn3)C2)s1. The quantitative estimate of drug-likeness (QED) is 0.805. The summed E-state index contributed by atoms with van der Waals surface area (Å²) in [5.41, 5.74) is 0. The van der Waals surface area contributed by atoms with Crippen LogP contribution in [0, 0.1) is 0 Å². The van der Waals surface area contributed by atoms with Gasteiger partial charge in [-0.1, -0.05) is 18.5 Å². The number of aryl methyl sites for hydroxylation is 1. The van der Waals surface area contributed by atoms with Gasteiger partial charge in [-0.05, 0) is 25.0 Å². The maximum absolute atomic E-state index is 12.6. The van der Waals surface area contributed by atoms with Gasteiger partial charge in [0, 0.05) is 11.4 Å². The van der Waals surface area contributed by atoms with E-state index in [-0.39, 0.29) is 12.1 Å². The number of halogens is 1. The van der Waals surface area contributed by atoms with Gasteiger partial charge in [0.05, 0.1) is 24.0 Å². The molecule has 0 N–H and O–H groups in total. The van der Waals surface area contributed by atoms with Gasteiger partial charge in [-0.25, -0.2) is 18.4 Å². The summed E-state index contributed by atoms with van der Waals surface area (Å²) in [6.07, 6.45) is 4.09.